The van der Waals surface area contributed by atoms with Crippen LogP contribution in [0.4, 0.5) is 16.2 Å². The lowest BCUT2D eigenvalue weighted by molar-refractivity contribution is -0.116. The summed E-state index contributed by atoms with van der Waals surface area (Å²) < 4.78 is 15.8. The van der Waals surface area contributed by atoms with Crippen LogP contribution in [0.1, 0.15) is 23.2 Å². The van der Waals surface area contributed by atoms with E-state index < -0.39 is 0 Å². The van der Waals surface area contributed by atoms with E-state index in [1.54, 1.807) is 42.5 Å². The summed E-state index contributed by atoms with van der Waals surface area (Å²) in [6.07, 6.45) is -0.226. The minimum Gasteiger partial charge on any atom is -0.486 e. The fraction of sp³-hybridized carbons (Fsp3) is 0.286. The standard InChI is InChI=1S/C21H20N2O6/c24-17(14-1-7-18-19(13-14)28-12-11-27-18)6-8-20(25)22-15-2-4-16(5-3-15)23-9-10-29-21(23)26/h1-5,7,13H,6,8-12H2,(H,22,25). The second-order valence-electron chi connectivity index (χ2n) is 6.64. The van der Waals surface area contributed by atoms with Crippen molar-refractivity contribution in [3.05, 3.63) is 48.0 Å². The van der Waals surface area contributed by atoms with Gasteiger partial charge in [0.2, 0.25) is 5.91 Å². The number of nitrogens with one attached hydrogen (secondary N) is 1. The van der Waals surface area contributed by atoms with Crippen LogP contribution in [-0.4, -0.2) is 44.1 Å². The zero-order valence-electron chi connectivity index (χ0n) is 15.7. The van der Waals surface area contributed by atoms with E-state index in [1.807, 2.05) is 0 Å². The Morgan fingerprint density at radius 1 is 0.897 bits per heavy atom. The number of anilines is 2. The van der Waals surface area contributed by atoms with Crippen LogP contribution in [0.3, 0.4) is 0 Å². The first-order valence-corrected chi connectivity index (χ1v) is 9.37. The molecule has 8 nitrogen and oxygen atoms in total. The molecule has 2 aromatic carbocycles. The number of hydrogen-bond acceptors (Lipinski definition) is 6. The highest BCUT2D eigenvalue weighted by Gasteiger charge is 2.23. The number of benzene rings is 2. The Morgan fingerprint density at radius 3 is 2.38 bits per heavy atom. The van der Waals surface area contributed by atoms with Gasteiger partial charge in [0.1, 0.15) is 19.8 Å². The molecule has 0 bridgehead atoms. The van der Waals surface area contributed by atoms with Gasteiger partial charge in [-0.05, 0) is 42.5 Å². The van der Waals surface area contributed by atoms with Crippen molar-refractivity contribution in [2.45, 2.75) is 12.8 Å². The molecule has 0 unspecified atom stereocenters. The van der Waals surface area contributed by atoms with Crippen LogP contribution in [0.15, 0.2) is 42.5 Å². The maximum atomic E-state index is 12.4. The summed E-state index contributed by atoms with van der Waals surface area (Å²) in [5, 5.41) is 2.76. The lowest BCUT2D eigenvalue weighted by Gasteiger charge is -2.18. The maximum absolute atomic E-state index is 12.4. The SMILES string of the molecule is O=C(CCC(=O)c1ccc2c(c1)OCCO2)Nc1ccc(N2CCOC2=O)cc1. The molecule has 29 heavy (non-hydrogen) atoms. The van der Waals surface area contributed by atoms with E-state index in [1.165, 1.54) is 4.90 Å². The van der Waals surface area contributed by atoms with Crippen molar-refractivity contribution in [2.75, 3.05) is 36.6 Å². The summed E-state index contributed by atoms with van der Waals surface area (Å²) in [4.78, 5) is 37.7. The van der Waals surface area contributed by atoms with Crippen molar-refractivity contribution < 1.29 is 28.6 Å². The molecule has 0 aromatic heterocycles. The zero-order chi connectivity index (χ0) is 20.2. The monoisotopic (exact) mass is 396 g/mol. The van der Waals surface area contributed by atoms with Gasteiger partial charge in [-0.15, -0.1) is 0 Å². The number of fused-ring (bicyclic) bond motifs is 1. The van der Waals surface area contributed by atoms with E-state index in [-0.39, 0.29) is 30.6 Å². The third-order valence-electron chi connectivity index (χ3n) is 4.67. The normalized spacial score (nSPS) is 15.0. The van der Waals surface area contributed by atoms with Crippen LogP contribution >= 0.6 is 0 Å². The number of nitrogens with zero attached hydrogens (tertiary/aromatic N) is 1. The second-order valence-corrected chi connectivity index (χ2v) is 6.64. The highest BCUT2D eigenvalue weighted by molar-refractivity contribution is 6.00. The largest absolute Gasteiger partial charge is 0.486 e. The minimum absolute atomic E-state index is 0.0630. The lowest BCUT2D eigenvalue weighted by Crippen LogP contribution is -2.23. The van der Waals surface area contributed by atoms with E-state index >= 15 is 0 Å². The fourth-order valence-electron chi connectivity index (χ4n) is 3.16. The van der Waals surface area contributed by atoms with Gasteiger partial charge in [-0.1, -0.05) is 0 Å². The molecule has 4 rings (SSSR count). The van der Waals surface area contributed by atoms with E-state index in [9.17, 15) is 14.4 Å². The predicted octanol–water partition coefficient (Wildman–Crippen LogP) is 3.02. The van der Waals surface area contributed by atoms with Gasteiger partial charge >= 0.3 is 6.09 Å². The van der Waals surface area contributed by atoms with Crippen molar-refractivity contribution in [1.82, 2.24) is 0 Å². The van der Waals surface area contributed by atoms with Crippen molar-refractivity contribution >= 4 is 29.2 Å². The fourth-order valence-corrected chi connectivity index (χ4v) is 3.16. The molecule has 2 heterocycles. The molecular formula is C21H20N2O6. The van der Waals surface area contributed by atoms with Crippen LogP contribution in [0, 0.1) is 0 Å². The molecule has 0 saturated carbocycles. The quantitative estimate of drug-likeness (QED) is 0.755. The predicted molar refractivity (Wildman–Crippen MR) is 105 cm³/mol. The van der Waals surface area contributed by atoms with Gasteiger partial charge in [0.15, 0.2) is 17.3 Å². The molecule has 2 aromatic rings. The van der Waals surface area contributed by atoms with Crippen molar-refractivity contribution in [3.8, 4) is 11.5 Å². The van der Waals surface area contributed by atoms with Gasteiger partial charge in [-0.25, -0.2) is 4.79 Å². The lowest BCUT2D eigenvalue weighted by atomic mass is 10.1. The summed E-state index contributed by atoms with van der Waals surface area (Å²) in [5.74, 6) is 0.772. The molecule has 0 atom stereocenters. The first-order valence-electron chi connectivity index (χ1n) is 9.37. The van der Waals surface area contributed by atoms with Crippen LogP contribution in [0.25, 0.3) is 0 Å². The van der Waals surface area contributed by atoms with Crippen LogP contribution in [0.2, 0.25) is 0 Å². The third-order valence-corrected chi connectivity index (χ3v) is 4.67. The van der Waals surface area contributed by atoms with Gasteiger partial charge in [0, 0.05) is 29.8 Å². The maximum Gasteiger partial charge on any atom is 0.414 e. The first kappa shape index (κ1) is 18.8. The molecule has 0 aliphatic carbocycles. The van der Waals surface area contributed by atoms with Crippen molar-refractivity contribution in [1.29, 1.82) is 0 Å². The van der Waals surface area contributed by atoms with Crippen LogP contribution in [0.5, 0.6) is 11.5 Å². The molecule has 1 N–H and O–H groups in total. The second kappa shape index (κ2) is 8.22. The Morgan fingerprint density at radius 2 is 1.66 bits per heavy atom. The van der Waals surface area contributed by atoms with E-state index in [0.29, 0.717) is 54.8 Å². The van der Waals surface area contributed by atoms with Crippen LogP contribution in [-0.2, 0) is 9.53 Å². The topological polar surface area (TPSA) is 94.2 Å². The summed E-state index contributed by atoms with van der Waals surface area (Å²) in [6.45, 7) is 1.82. The summed E-state index contributed by atoms with van der Waals surface area (Å²) in [7, 11) is 0. The Kier molecular flexibility index (Phi) is 5.33. The molecule has 0 radical (unpaired) electrons. The molecule has 2 aliphatic heterocycles. The first-order chi connectivity index (χ1) is 14.1. The van der Waals surface area contributed by atoms with E-state index in [0.717, 1.165) is 0 Å². The number of Topliss-reactive ketones (excluding diaryl/α,β-unsaturated/α-hetero) is 1. The van der Waals surface area contributed by atoms with Gasteiger partial charge in [-0.3, -0.25) is 14.5 Å². The van der Waals surface area contributed by atoms with Gasteiger partial charge in [0.25, 0.3) is 0 Å². The van der Waals surface area contributed by atoms with Gasteiger partial charge < -0.3 is 19.5 Å². The average molecular weight is 396 g/mol. The highest BCUT2D eigenvalue weighted by atomic mass is 16.6. The summed E-state index contributed by atoms with van der Waals surface area (Å²) >= 11 is 0. The number of amides is 2. The third kappa shape index (κ3) is 4.31. The number of ketones is 1. The number of hydrogen-bond donors (Lipinski definition) is 1. The average Bonchev–Trinajstić information content (AvgIpc) is 3.18. The Labute approximate surface area is 167 Å². The Hall–Kier alpha value is -3.55. The van der Waals surface area contributed by atoms with Gasteiger partial charge in [-0.2, -0.15) is 0 Å². The summed E-state index contributed by atoms with van der Waals surface area (Å²) in [6, 6.07) is 11.9. The van der Waals surface area contributed by atoms with Crippen molar-refractivity contribution in [3.63, 3.8) is 0 Å². The number of rotatable bonds is 6. The number of cyclic esters (lactones) is 1. The molecule has 2 amide bonds. The minimum atomic E-state index is -0.376. The van der Waals surface area contributed by atoms with Crippen molar-refractivity contribution in [2.24, 2.45) is 0 Å². The molecule has 150 valence electrons. The number of ether oxygens (including phenoxy) is 3. The molecule has 1 saturated heterocycles. The molecule has 1 fully saturated rings. The van der Waals surface area contributed by atoms with E-state index in [4.69, 9.17) is 14.2 Å². The van der Waals surface area contributed by atoms with Gasteiger partial charge in [0.05, 0.1) is 6.54 Å². The number of carbonyl (C=O) groups excluding carboxylic acids is 3. The summed E-state index contributed by atoms with van der Waals surface area (Å²) in [5.41, 5.74) is 1.79. The zero-order valence-corrected chi connectivity index (χ0v) is 15.7. The number of carbonyl (C=O) groups is 3. The Bertz CT molecular complexity index is 941. The highest BCUT2D eigenvalue weighted by Crippen LogP contribution is 2.31. The van der Waals surface area contributed by atoms with Crippen LogP contribution < -0.4 is 19.7 Å². The smallest absolute Gasteiger partial charge is 0.414 e. The molecule has 8 heteroatoms. The van der Waals surface area contributed by atoms with E-state index in [2.05, 4.69) is 5.32 Å². The Balaban J connectivity index is 1.29. The molecular weight excluding hydrogens is 376 g/mol. The molecule has 0 spiro atoms. The molecule has 2 aliphatic rings.